The number of nitrogens with zero attached hydrogens (tertiary/aromatic N) is 3. The van der Waals surface area contributed by atoms with E-state index in [0.29, 0.717) is 6.61 Å². The lowest BCUT2D eigenvalue weighted by Gasteiger charge is -2.14. The summed E-state index contributed by atoms with van der Waals surface area (Å²) >= 11 is 0. The summed E-state index contributed by atoms with van der Waals surface area (Å²) in [6.45, 7) is 6.90. The number of H-pyrrole nitrogens is 2. The number of rotatable bonds is 6. The molecule has 0 radical (unpaired) electrons. The van der Waals surface area contributed by atoms with Gasteiger partial charge in [-0.25, -0.2) is 9.97 Å². The Kier molecular flexibility index (Phi) is 5.19. The van der Waals surface area contributed by atoms with E-state index < -0.39 is 0 Å². The minimum atomic E-state index is 0.652. The maximum atomic E-state index is 6.15. The molecule has 0 aliphatic carbocycles. The molecule has 5 aromatic rings. The first-order chi connectivity index (χ1) is 15.6. The maximum Gasteiger partial charge on any atom is 0.141 e. The van der Waals surface area contributed by atoms with Crippen LogP contribution >= 0.6 is 0 Å². The average molecular weight is 424 g/mol. The highest BCUT2D eigenvalue weighted by Gasteiger charge is 2.17. The molecule has 32 heavy (non-hydrogen) atoms. The Bertz CT molecular complexity index is 1390. The SMILES string of the molecule is CCCOc1c(C)cc(-c2cnc[nH]2)cc1-c1ncc(-c2ccnc3cc(C)ccc23)[nH]1. The predicted octanol–water partition coefficient (Wildman–Crippen LogP) is 6.09. The highest BCUT2D eigenvalue weighted by molar-refractivity contribution is 5.94. The van der Waals surface area contributed by atoms with Gasteiger partial charge in [-0.15, -0.1) is 0 Å². The van der Waals surface area contributed by atoms with Gasteiger partial charge < -0.3 is 14.7 Å². The number of hydrogen-bond donors (Lipinski definition) is 2. The number of aromatic amines is 2. The fraction of sp³-hybridized carbons (Fsp3) is 0.192. The zero-order chi connectivity index (χ0) is 22.1. The molecule has 6 nitrogen and oxygen atoms in total. The quantitative estimate of drug-likeness (QED) is 0.346. The Morgan fingerprint density at radius 3 is 2.66 bits per heavy atom. The molecule has 3 aromatic heterocycles. The molecule has 0 aliphatic heterocycles. The first-order valence-corrected chi connectivity index (χ1v) is 10.8. The third-order valence-electron chi connectivity index (χ3n) is 5.55. The molecular formula is C26H25N5O. The number of aromatic nitrogens is 5. The fourth-order valence-corrected chi connectivity index (χ4v) is 4.00. The zero-order valence-corrected chi connectivity index (χ0v) is 18.4. The van der Waals surface area contributed by atoms with Crippen LogP contribution in [0.3, 0.4) is 0 Å². The summed E-state index contributed by atoms with van der Waals surface area (Å²) in [6, 6.07) is 12.6. The molecule has 160 valence electrons. The first-order valence-electron chi connectivity index (χ1n) is 10.8. The van der Waals surface area contributed by atoms with Crippen molar-refractivity contribution in [1.82, 2.24) is 24.9 Å². The number of hydrogen-bond acceptors (Lipinski definition) is 4. The molecule has 0 aliphatic rings. The van der Waals surface area contributed by atoms with Crippen molar-refractivity contribution in [3.05, 3.63) is 72.4 Å². The molecule has 2 aromatic carbocycles. The largest absolute Gasteiger partial charge is 0.493 e. The van der Waals surface area contributed by atoms with Crippen LogP contribution in [0.25, 0.3) is 44.8 Å². The van der Waals surface area contributed by atoms with Crippen LogP contribution in [0.1, 0.15) is 24.5 Å². The summed E-state index contributed by atoms with van der Waals surface area (Å²) in [5, 5.41) is 1.10. The van der Waals surface area contributed by atoms with E-state index in [0.717, 1.165) is 62.5 Å². The van der Waals surface area contributed by atoms with Crippen LogP contribution < -0.4 is 4.74 Å². The number of pyridine rings is 1. The lowest BCUT2D eigenvalue weighted by molar-refractivity contribution is 0.316. The van der Waals surface area contributed by atoms with Crippen molar-refractivity contribution < 1.29 is 4.74 Å². The summed E-state index contributed by atoms with van der Waals surface area (Å²) in [5.41, 5.74) is 8.18. The second-order valence-electron chi connectivity index (χ2n) is 8.01. The van der Waals surface area contributed by atoms with Crippen molar-refractivity contribution in [3.8, 4) is 39.7 Å². The van der Waals surface area contributed by atoms with Gasteiger partial charge in [0.15, 0.2) is 0 Å². The molecule has 5 rings (SSSR count). The minimum Gasteiger partial charge on any atom is -0.493 e. The van der Waals surface area contributed by atoms with Gasteiger partial charge in [0.1, 0.15) is 11.6 Å². The Balaban J connectivity index is 1.63. The molecule has 0 saturated heterocycles. The van der Waals surface area contributed by atoms with Crippen molar-refractivity contribution in [3.63, 3.8) is 0 Å². The third kappa shape index (κ3) is 3.64. The lowest BCUT2D eigenvalue weighted by atomic mass is 10.0. The second-order valence-corrected chi connectivity index (χ2v) is 8.01. The first kappa shape index (κ1) is 20.0. The molecule has 0 spiro atoms. The van der Waals surface area contributed by atoms with Gasteiger partial charge in [0.25, 0.3) is 0 Å². The normalized spacial score (nSPS) is 11.2. The maximum absolute atomic E-state index is 6.15. The Morgan fingerprint density at radius 1 is 0.938 bits per heavy atom. The molecule has 0 amide bonds. The van der Waals surface area contributed by atoms with Gasteiger partial charge in [0, 0.05) is 22.7 Å². The number of aryl methyl sites for hydroxylation is 2. The lowest BCUT2D eigenvalue weighted by Crippen LogP contribution is -2.00. The van der Waals surface area contributed by atoms with E-state index in [1.807, 2.05) is 24.7 Å². The van der Waals surface area contributed by atoms with Crippen molar-refractivity contribution >= 4 is 10.9 Å². The molecule has 0 bridgehead atoms. The average Bonchev–Trinajstić information content (AvgIpc) is 3.50. The highest BCUT2D eigenvalue weighted by Crippen LogP contribution is 2.37. The summed E-state index contributed by atoms with van der Waals surface area (Å²) in [4.78, 5) is 20.1. The van der Waals surface area contributed by atoms with E-state index in [-0.39, 0.29) is 0 Å². The van der Waals surface area contributed by atoms with Crippen LogP contribution in [-0.4, -0.2) is 31.5 Å². The smallest absolute Gasteiger partial charge is 0.141 e. The van der Waals surface area contributed by atoms with E-state index in [1.165, 1.54) is 5.56 Å². The fourth-order valence-electron chi connectivity index (χ4n) is 4.00. The summed E-state index contributed by atoms with van der Waals surface area (Å²) in [5.74, 6) is 1.62. The van der Waals surface area contributed by atoms with Crippen molar-refractivity contribution in [2.45, 2.75) is 27.2 Å². The van der Waals surface area contributed by atoms with E-state index >= 15 is 0 Å². The number of ether oxygens (including phenoxy) is 1. The van der Waals surface area contributed by atoms with Crippen LogP contribution in [0.15, 0.2) is 61.3 Å². The second kappa shape index (κ2) is 8.30. The van der Waals surface area contributed by atoms with Gasteiger partial charge >= 0.3 is 0 Å². The van der Waals surface area contributed by atoms with Crippen LogP contribution in [0, 0.1) is 13.8 Å². The summed E-state index contributed by atoms with van der Waals surface area (Å²) in [7, 11) is 0. The van der Waals surface area contributed by atoms with Crippen molar-refractivity contribution in [1.29, 1.82) is 0 Å². The van der Waals surface area contributed by atoms with Gasteiger partial charge in [0.2, 0.25) is 0 Å². The van der Waals surface area contributed by atoms with Gasteiger partial charge in [-0.05, 0) is 55.7 Å². The molecule has 0 saturated carbocycles. The van der Waals surface area contributed by atoms with Gasteiger partial charge in [-0.2, -0.15) is 0 Å². The van der Waals surface area contributed by atoms with Crippen LogP contribution in [0.2, 0.25) is 0 Å². The molecule has 0 atom stereocenters. The Hall–Kier alpha value is -3.93. The number of fused-ring (bicyclic) bond motifs is 1. The molecule has 3 heterocycles. The minimum absolute atomic E-state index is 0.652. The molecule has 0 unspecified atom stereocenters. The van der Waals surface area contributed by atoms with Crippen LogP contribution in [0.4, 0.5) is 0 Å². The molecule has 2 N–H and O–H groups in total. The third-order valence-corrected chi connectivity index (χ3v) is 5.55. The summed E-state index contributed by atoms with van der Waals surface area (Å²) in [6.07, 6.45) is 8.17. The van der Waals surface area contributed by atoms with Gasteiger partial charge in [-0.1, -0.05) is 19.1 Å². The predicted molar refractivity (Wildman–Crippen MR) is 128 cm³/mol. The number of imidazole rings is 2. The molecule has 6 heteroatoms. The van der Waals surface area contributed by atoms with E-state index in [2.05, 4.69) is 71.0 Å². The van der Waals surface area contributed by atoms with E-state index in [9.17, 15) is 0 Å². The van der Waals surface area contributed by atoms with E-state index in [1.54, 1.807) is 6.33 Å². The number of nitrogens with one attached hydrogen (secondary N) is 2. The van der Waals surface area contributed by atoms with Gasteiger partial charge in [-0.3, -0.25) is 4.98 Å². The van der Waals surface area contributed by atoms with Crippen LogP contribution in [-0.2, 0) is 0 Å². The van der Waals surface area contributed by atoms with Crippen LogP contribution in [0.5, 0.6) is 5.75 Å². The number of benzene rings is 2. The highest BCUT2D eigenvalue weighted by atomic mass is 16.5. The van der Waals surface area contributed by atoms with Gasteiger partial charge in [0.05, 0.1) is 47.8 Å². The van der Waals surface area contributed by atoms with Crippen molar-refractivity contribution in [2.24, 2.45) is 0 Å². The molecular weight excluding hydrogens is 398 g/mol. The topological polar surface area (TPSA) is 79.5 Å². The standard InChI is InChI=1S/C26H25N5O/c1-4-9-32-25-17(3)11-18(23-13-27-15-30-23)12-21(25)26-29-14-24(31-26)20-7-8-28-22-10-16(2)5-6-19(20)22/h5-8,10-15H,4,9H2,1-3H3,(H,27,30)(H,29,31). The van der Waals surface area contributed by atoms with E-state index in [4.69, 9.17) is 9.72 Å². The monoisotopic (exact) mass is 423 g/mol. The Morgan fingerprint density at radius 2 is 1.84 bits per heavy atom. The van der Waals surface area contributed by atoms with Crippen molar-refractivity contribution in [2.75, 3.05) is 6.61 Å². The summed E-state index contributed by atoms with van der Waals surface area (Å²) < 4.78 is 6.15. The zero-order valence-electron chi connectivity index (χ0n) is 18.4. The Labute approximate surface area is 186 Å². The molecule has 0 fully saturated rings.